The van der Waals surface area contributed by atoms with E-state index < -0.39 is 13.3 Å². The third-order valence-corrected chi connectivity index (χ3v) is 12.6. The first-order valence-corrected chi connectivity index (χ1v) is 12.2. The molecule has 130 valence electrons. The van der Waals surface area contributed by atoms with Gasteiger partial charge in [0.05, 0.1) is 12.2 Å². The van der Waals surface area contributed by atoms with Crippen molar-refractivity contribution in [3.05, 3.63) is 35.9 Å². The van der Waals surface area contributed by atoms with Gasteiger partial charge in [-0.05, 0) is 29.9 Å². The molecule has 0 aromatic heterocycles. The quantitative estimate of drug-likeness (QED) is 0.394. The van der Waals surface area contributed by atoms with E-state index in [4.69, 9.17) is 17.0 Å². The van der Waals surface area contributed by atoms with Crippen LogP contribution in [0.4, 0.5) is 0 Å². The Kier molecular flexibility index (Phi) is 5.69. The second kappa shape index (κ2) is 7.07. The number of thiocarbonyl (C=S) groups is 1. The van der Waals surface area contributed by atoms with Crippen LogP contribution in [0.1, 0.15) is 52.0 Å². The Morgan fingerprint density at radius 3 is 2.50 bits per heavy atom. The molecule has 0 N–H and O–H groups in total. The van der Waals surface area contributed by atoms with E-state index in [1.54, 1.807) is 0 Å². The molecule has 0 aliphatic carbocycles. The minimum absolute atomic E-state index is 0.0558. The van der Waals surface area contributed by atoms with Gasteiger partial charge in [-0.3, -0.25) is 0 Å². The molecule has 2 rings (SSSR count). The summed E-state index contributed by atoms with van der Waals surface area (Å²) in [5.74, 6) is 0. The normalized spacial score (nSPS) is 25.1. The van der Waals surface area contributed by atoms with Crippen molar-refractivity contribution in [2.24, 2.45) is 0 Å². The van der Waals surface area contributed by atoms with E-state index in [1.807, 2.05) is 18.2 Å². The van der Waals surface area contributed by atoms with Gasteiger partial charge in [-0.25, -0.2) is 0 Å². The zero-order chi connectivity index (χ0) is 18.0. The highest BCUT2D eigenvalue weighted by molar-refractivity contribution is 7.80. The van der Waals surface area contributed by atoms with Crippen LogP contribution in [0.2, 0.25) is 18.1 Å². The fourth-order valence-electron chi connectivity index (χ4n) is 3.36. The van der Waals surface area contributed by atoms with Crippen LogP contribution < -0.4 is 0 Å². The summed E-state index contributed by atoms with van der Waals surface area (Å²) in [4.78, 5) is 0.935. The van der Waals surface area contributed by atoms with Crippen LogP contribution in [0.15, 0.2) is 30.3 Å². The standard InChI is InChI=1S/C20H29NOSSi/c1-19(2,3)24(4,5)20(15-21)13-9-12-17(22-20)14-18(23)16-10-7-6-8-11-16/h6-8,10-11,17H,9,12-14H2,1-5H3/t17-,20+/m1/s1. The van der Waals surface area contributed by atoms with Crippen molar-refractivity contribution in [2.45, 2.75) is 75.9 Å². The molecule has 0 unspecified atom stereocenters. The van der Waals surface area contributed by atoms with E-state index in [-0.39, 0.29) is 11.1 Å². The number of nitriles is 1. The van der Waals surface area contributed by atoms with Gasteiger partial charge in [-0.1, -0.05) is 76.4 Å². The van der Waals surface area contributed by atoms with Gasteiger partial charge in [0.25, 0.3) is 0 Å². The van der Waals surface area contributed by atoms with Crippen molar-refractivity contribution < 1.29 is 4.74 Å². The summed E-state index contributed by atoms with van der Waals surface area (Å²) in [5.41, 5.74) is 1.09. The van der Waals surface area contributed by atoms with Gasteiger partial charge in [0.15, 0.2) is 0 Å². The third-order valence-electron chi connectivity index (χ3n) is 6.00. The smallest absolute Gasteiger partial charge is 0.141 e. The summed E-state index contributed by atoms with van der Waals surface area (Å²) in [6.07, 6.45) is 3.68. The lowest BCUT2D eigenvalue weighted by Gasteiger charge is -2.51. The molecule has 1 fully saturated rings. The van der Waals surface area contributed by atoms with Crippen molar-refractivity contribution in [2.75, 3.05) is 0 Å². The molecule has 0 amide bonds. The van der Waals surface area contributed by atoms with Crippen molar-refractivity contribution in [1.29, 1.82) is 5.26 Å². The zero-order valence-corrected chi connectivity index (χ0v) is 17.4. The van der Waals surface area contributed by atoms with E-state index in [2.05, 4.69) is 52.1 Å². The van der Waals surface area contributed by atoms with Gasteiger partial charge in [0.1, 0.15) is 13.3 Å². The van der Waals surface area contributed by atoms with E-state index in [0.29, 0.717) is 0 Å². The largest absolute Gasteiger partial charge is 0.360 e. The lowest BCUT2D eigenvalue weighted by atomic mass is 9.98. The molecule has 2 atom stereocenters. The zero-order valence-electron chi connectivity index (χ0n) is 15.6. The topological polar surface area (TPSA) is 33.0 Å². The summed E-state index contributed by atoms with van der Waals surface area (Å²) >= 11 is 5.63. The molecule has 1 aromatic rings. The first-order valence-electron chi connectivity index (χ1n) is 8.80. The Morgan fingerprint density at radius 1 is 1.33 bits per heavy atom. The van der Waals surface area contributed by atoms with Crippen LogP contribution in [-0.2, 0) is 4.74 Å². The van der Waals surface area contributed by atoms with Crippen LogP contribution in [0.25, 0.3) is 0 Å². The predicted octanol–water partition coefficient (Wildman–Crippen LogP) is 5.67. The van der Waals surface area contributed by atoms with Gasteiger partial charge in [-0.2, -0.15) is 5.26 Å². The van der Waals surface area contributed by atoms with Gasteiger partial charge < -0.3 is 4.74 Å². The van der Waals surface area contributed by atoms with Crippen molar-refractivity contribution in [3.8, 4) is 6.07 Å². The lowest BCUT2D eigenvalue weighted by molar-refractivity contribution is -0.0509. The second-order valence-electron chi connectivity index (χ2n) is 8.44. The van der Waals surface area contributed by atoms with Crippen molar-refractivity contribution >= 4 is 25.2 Å². The first kappa shape index (κ1) is 19.3. The van der Waals surface area contributed by atoms with Crippen LogP contribution >= 0.6 is 12.2 Å². The van der Waals surface area contributed by atoms with Gasteiger partial charge in [0, 0.05) is 11.3 Å². The maximum absolute atomic E-state index is 10.0. The Hall–Kier alpha value is -1.02. The molecule has 4 heteroatoms. The molecule has 0 saturated carbocycles. The van der Waals surface area contributed by atoms with Crippen LogP contribution in [-0.4, -0.2) is 24.3 Å². The van der Waals surface area contributed by atoms with Gasteiger partial charge >= 0.3 is 0 Å². The highest BCUT2D eigenvalue weighted by atomic mass is 32.1. The number of hydrogen-bond donors (Lipinski definition) is 0. The van der Waals surface area contributed by atoms with Crippen LogP contribution in [0.5, 0.6) is 0 Å². The Morgan fingerprint density at radius 2 is 1.96 bits per heavy atom. The Balaban J connectivity index is 2.19. The average molecular weight is 360 g/mol. The SMILES string of the molecule is CC(C)(C)[Si](C)(C)[C@]1(C#N)CCC[C@H](CC(=S)c2ccccc2)O1. The number of hydrogen-bond acceptors (Lipinski definition) is 3. The summed E-state index contributed by atoms with van der Waals surface area (Å²) < 4.78 is 6.52. The molecule has 0 bridgehead atoms. The molecule has 1 aliphatic rings. The van der Waals surface area contributed by atoms with Crippen LogP contribution in [0.3, 0.4) is 0 Å². The van der Waals surface area contributed by atoms with E-state index in [1.165, 1.54) is 0 Å². The monoisotopic (exact) mass is 359 g/mol. The van der Waals surface area contributed by atoms with Crippen LogP contribution in [0, 0.1) is 11.3 Å². The van der Waals surface area contributed by atoms with Crippen molar-refractivity contribution in [3.63, 3.8) is 0 Å². The summed E-state index contributed by atoms with van der Waals surface area (Å²) in [5, 5.41) is 9.54. The Bertz CT molecular complexity index is 629. The summed E-state index contributed by atoms with van der Waals surface area (Å²) in [6.45, 7) is 11.3. The maximum Gasteiger partial charge on any atom is 0.141 e. The fraction of sp³-hybridized carbons (Fsp3) is 0.600. The van der Waals surface area contributed by atoms with Gasteiger partial charge in [-0.15, -0.1) is 0 Å². The lowest BCUT2D eigenvalue weighted by Crippen LogP contribution is -2.63. The number of benzene rings is 1. The molecule has 0 radical (unpaired) electrons. The highest BCUT2D eigenvalue weighted by Crippen LogP contribution is 2.48. The minimum Gasteiger partial charge on any atom is -0.360 e. The maximum atomic E-state index is 10.0. The summed E-state index contributed by atoms with van der Waals surface area (Å²) in [6, 6.07) is 12.7. The molecule has 1 saturated heterocycles. The van der Waals surface area contributed by atoms with Gasteiger partial charge in [0.2, 0.25) is 0 Å². The number of ether oxygens (including phenoxy) is 1. The van der Waals surface area contributed by atoms with E-state index in [9.17, 15) is 5.26 Å². The molecular formula is C20H29NOSSi. The Labute approximate surface area is 153 Å². The van der Waals surface area contributed by atoms with E-state index >= 15 is 0 Å². The predicted molar refractivity (Wildman–Crippen MR) is 107 cm³/mol. The highest BCUT2D eigenvalue weighted by Gasteiger charge is 2.56. The molecular weight excluding hydrogens is 330 g/mol. The number of nitrogens with zero attached hydrogens (tertiary/aromatic N) is 1. The van der Waals surface area contributed by atoms with Crippen molar-refractivity contribution in [1.82, 2.24) is 0 Å². The molecule has 1 aromatic carbocycles. The fourth-order valence-corrected chi connectivity index (χ4v) is 6.44. The number of rotatable bonds is 4. The molecule has 2 nitrogen and oxygen atoms in total. The molecule has 1 aliphatic heterocycles. The third kappa shape index (κ3) is 3.64. The molecule has 1 heterocycles. The molecule has 24 heavy (non-hydrogen) atoms. The first-order chi connectivity index (χ1) is 11.1. The molecule has 0 spiro atoms. The second-order valence-corrected chi connectivity index (χ2v) is 14.5. The average Bonchev–Trinajstić information content (AvgIpc) is 2.54. The van der Waals surface area contributed by atoms with E-state index in [0.717, 1.165) is 36.1 Å². The summed E-state index contributed by atoms with van der Waals surface area (Å²) in [7, 11) is -1.95. The minimum atomic E-state index is -1.95.